The van der Waals surface area contributed by atoms with Gasteiger partial charge in [-0.3, -0.25) is 0 Å². The molecule has 0 heterocycles. The van der Waals surface area contributed by atoms with Gasteiger partial charge in [-0.1, -0.05) is 51.9 Å². The molecule has 0 radical (unpaired) electrons. The number of rotatable bonds is 9. The Labute approximate surface area is 82.3 Å². The van der Waals surface area contributed by atoms with Gasteiger partial charge in [-0.25, -0.2) is 0 Å². The zero-order chi connectivity index (χ0) is 9.78. The second kappa shape index (κ2) is 11.3. The van der Waals surface area contributed by atoms with Crippen LogP contribution < -0.4 is 5.32 Å². The summed E-state index contributed by atoms with van der Waals surface area (Å²) in [6, 6.07) is 0. The third-order valence-corrected chi connectivity index (χ3v) is 2.23. The highest BCUT2D eigenvalue weighted by molar-refractivity contribution is 4.63. The fraction of sp³-hybridized carbons (Fsp3) is 0.909. The van der Waals surface area contributed by atoms with Crippen molar-refractivity contribution in [3.05, 3.63) is 0 Å². The van der Waals surface area contributed by atoms with E-state index in [4.69, 9.17) is 5.26 Å². The minimum absolute atomic E-state index is 0.853. The molecular formula is C11H22N2. The topological polar surface area (TPSA) is 35.8 Å². The molecule has 0 fully saturated rings. The maximum Gasteiger partial charge on any atom is 0.176 e. The number of nitriles is 1. The first-order chi connectivity index (χ1) is 6.41. The predicted molar refractivity (Wildman–Crippen MR) is 56.2 cm³/mol. The van der Waals surface area contributed by atoms with E-state index >= 15 is 0 Å². The molecule has 0 aromatic heterocycles. The van der Waals surface area contributed by atoms with Crippen LogP contribution in [0.2, 0.25) is 0 Å². The molecule has 0 spiro atoms. The van der Waals surface area contributed by atoms with Crippen LogP contribution in [-0.2, 0) is 0 Å². The fourth-order valence-corrected chi connectivity index (χ4v) is 1.40. The minimum atomic E-state index is 0.853. The fourth-order valence-electron chi connectivity index (χ4n) is 1.40. The first-order valence-electron chi connectivity index (χ1n) is 5.53. The Morgan fingerprint density at radius 3 is 2.00 bits per heavy atom. The van der Waals surface area contributed by atoms with E-state index in [0.29, 0.717) is 0 Å². The standard InChI is InChI=1S/C11H22N2/c1-2-3-4-5-6-7-8-9-10-13-11-12/h13H,2-10H2,1H3. The van der Waals surface area contributed by atoms with E-state index < -0.39 is 0 Å². The van der Waals surface area contributed by atoms with Crippen molar-refractivity contribution in [2.45, 2.75) is 58.3 Å². The Bertz CT molecular complexity index is 127. The lowest BCUT2D eigenvalue weighted by molar-refractivity contribution is 0.571. The molecule has 1 N–H and O–H groups in total. The van der Waals surface area contributed by atoms with Crippen LogP contribution in [0.15, 0.2) is 0 Å². The Hall–Kier alpha value is -0.710. The molecule has 76 valence electrons. The predicted octanol–water partition coefficient (Wildman–Crippen LogP) is 3.20. The molecule has 0 amide bonds. The molecule has 0 aliphatic carbocycles. The molecular weight excluding hydrogens is 160 g/mol. The SMILES string of the molecule is CCCCCCCCCCNC#N. The van der Waals surface area contributed by atoms with Crippen LogP contribution in [0.25, 0.3) is 0 Å². The van der Waals surface area contributed by atoms with E-state index in [1.54, 1.807) is 0 Å². The van der Waals surface area contributed by atoms with E-state index in [1.165, 1.54) is 44.9 Å². The van der Waals surface area contributed by atoms with Crippen molar-refractivity contribution < 1.29 is 0 Å². The summed E-state index contributed by atoms with van der Waals surface area (Å²) in [7, 11) is 0. The van der Waals surface area contributed by atoms with Gasteiger partial charge in [-0.15, -0.1) is 0 Å². The number of hydrogen-bond acceptors (Lipinski definition) is 2. The second-order valence-corrected chi connectivity index (χ2v) is 3.51. The highest BCUT2D eigenvalue weighted by atomic mass is 14.8. The summed E-state index contributed by atoms with van der Waals surface area (Å²) in [6.07, 6.45) is 12.5. The van der Waals surface area contributed by atoms with E-state index in [9.17, 15) is 0 Å². The van der Waals surface area contributed by atoms with E-state index in [1.807, 2.05) is 6.19 Å². The number of nitrogens with zero attached hydrogens (tertiary/aromatic N) is 1. The molecule has 0 aromatic rings. The molecule has 0 aliphatic heterocycles. The molecule has 0 bridgehead atoms. The van der Waals surface area contributed by atoms with Gasteiger partial charge in [-0.2, -0.15) is 5.26 Å². The Kier molecular flexibility index (Phi) is 10.7. The van der Waals surface area contributed by atoms with Gasteiger partial charge in [0.1, 0.15) is 0 Å². The average molecular weight is 182 g/mol. The van der Waals surface area contributed by atoms with Gasteiger partial charge in [0.25, 0.3) is 0 Å². The second-order valence-electron chi connectivity index (χ2n) is 3.51. The molecule has 0 aliphatic rings. The summed E-state index contributed by atoms with van der Waals surface area (Å²) < 4.78 is 0. The van der Waals surface area contributed by atoms with Crippen molar-refractivity contribution in [1.29, 1.82) is 5.26 Å². The van der Waals surface area contributed by atoms with Crippen molar-refractivity contribution in [3.8, 4) is 6.19 Å². The molecule has 0 aromatic carbocycles. The van der Waals surface area contributed by atoms with Crippen molar-refractivity contribution in [2.24, 2.45) is 0 Å². The Morgan fingerprint density at radius 2 is 1.46 bits per heavy atom. The third-order valence-electron chi connectivity index (χ3n) is 2.23. The zero-order valence-corrected chi connectivity index (χ0v) is 8.81. The van der Waals surface area contributed by atoms with E-state index in [0.717, 1.165) is 13.0 Å². The summed E-state index contributed by atoms with van der Waals surface area (Å²) in [4.78, 5) is 0. The van der Waals surface area contributed by atoms with Crippen LogP contribution >= 0.6 is 0 Å². The van der Waals surface area contributed by atoms with Crippen molar-refractivity contribution >= 4 is 0 Å². The van der Waals surface area contributed by atoms with Crippen LogP contribution in [-0.4, -0.2) is 6.54 Å². The number of unbranched alkanes of at least 4 members (excludes halogenated alkanes) is 7. The first kappa shape index (κ1) is 12.3. The van der Waals surface area contributed by atoms with Gasteiger partial charge in [-0.05, 0) is 6.42 Å². The lowest BCUT2D eigenvalue weighted by atomic mass is 10.1. The molecule has 13 heavy (non-hydrogen) atoms. The smallest absolute Gasteiger partial charge is 0.176 e. The van der Waals surface area contributed by atoms with Crippen molar-refractivity contribution in [2.75, 3.05) is 6.54 Å². The Morgan fingerprint density at radius 1 is 0.923 bits per heavy atom. The van der Waals surface area contributed by atoms with Gasteiger partial charge >= 0.3 is 0 Å². The van der Waals surface area contributed by atoms with Crippen molar-refractivity contribution in [3.63, 3.8) is 0 Å². The lowest BCUT2D eigenvalue weighted by Crippen LogP contribution is -2.06. The molecule has 0 saturated heterocycles. The molecule has 0 unspecified atom stereocenters. The van der Waals surface area contributed by atoms with Gasteiger partial charge in [0.15, 0.2) is 6.19 Å². The van der Waals surface area contributed by atoms with Crippen LogP contribution in [0.4, 0.5) is 0 Å². The normalized spacial score (nSPS) is 9.54. The van der Waals surface area contributed by atoms with Crippen LogP contribution in [0.3, 0.4) is 0 Å². The van der Waals surface area contributed by atoms with Crippen LogP contribution in [0, 0.1) is 11.5 Å². The quantitative estimate of drug-likeness (QED) is 0.338. The third kappa shape index (κ3) is 11.3. The average Bonchev–Trinajstić information content (AvgIpc) is 2.16. The number of nitrogens with one attached hydrogen (secondary N) is 1. The summed E-state index contributed by atoms with van der Waals surface area (Å²) in [5, 5.41) is 10.9. The first-order valence-corrected chi connectivity index (χ1v) is 5.53. The van der Waals surface area contributed by atoms with E-state index in [-0.39, 0.29) is 0 Å². The molecule has 0 atom stereocenters. The van der Waals surface area contributed by atoms with Gasteiger partial charge in [0.2, 0.25) is 0 Å². The maximum atomic E-state index is 8.20. The monoisotopic (exact) mass is 182 g/mol. The maximum absolute atomic E-state index is 8.20. The van der Waals surface area contributed by atoms with Crippen LogP contribution in [0.5, 0.6) is 0 Å². The van der Waals surface area contributed by atoms with Gasteiger partial charge in [0.05, 0.1) is 0 Å². The van der Waals surface area contributed by atoms with Crippen LogP contribution in [0.1, 0.15) is 58.3 Å². The largest absolute Gasteiger partial charge is 0.324 e. The summed E-state index contributed by atoms with van der Waals surface area (Å²) in [5.41, 5.74) is 0. The van der Waals surface area contributed by atoms with Gasteiger partial charge < -0.3 is 5.32 Å². The summed E-state index contributed by atoms with van der Waals surface area (Å²) in [5.74, 6) is 0. The molecule has 0 rings (SSSR count). The summed E-state index contributed by atoms with van der Waals surface area (Å²) in [6.45, 7) is 3.10. The van der Waals surface area contributed by atoms with Crippen molar-refractivity contribution in [1.82, 2.24) is 5.32 Å². The van der Waals surface area contributed by atoms with Gasteiger partial charge in [0, 0.05) is 6.54 Å². The molecule has 2 nitrogen and oxygen atoms in total. The number of hydrogen-bond donors (Lipinski definition) is 1. The zero-order valence-electron chi connectivity index (χ0n) is 8.81. The Balaban J connectivity index is 2.80. The highest BCUT2D eigenvalue weighted by Gasteiger charge is 1.90. The lowest BCUT2D eigenvalue weighted by Gasteiger charge is -2.00. The molecule has 2 heteroatoms. The molecule has 0 saturated carbocycles. The highest BCUT2D eigenvalue weighted by Crippen LogP contribution is 2.07. The van der Waals surface area contributed by atoms with E-state index in [2.05, 4.69) is 12.2 Å². The minimum Gasteiger partial charge on any atom is -0.324 e. The summed E-state index contributed by atoms with van der Waals surface area (Å²) >= 11 is 0.